The maximum absolute atomic E-state index is 11.7. The molecule has 0 N–H and O–H groups in total. The highest BCUT2D eigenvalue weighted by Gasteiger charge is 2.32. The van der Waals surface area contributed by atoms with Gasteiger partial charge in [-0.1, -0.05) is 0 Å². The Bertz CT molecular complexity index is 1120. The van der Waals surface area contributed by atoms with Crippen molar-refractivity contribution >= 4 is 35.0 Å². The molecule has 25 heavy (non-hydrogen) atoms. The zero-order valence-corrected chi connectivity index (χ0v) is 12.2. The van der Waals surface area contributed by atoms with Crippen LogP contribution in [0.5, 0.6) is 0 Å². The van der Waals surface area contributed by atoms with Crippen LogP contribution in [0.3, 0.4) is 0 Å². The molecule has 0 saturated carbocycles. The first-order valence-corrected chi connectivity index (χ1v) is 7.13. The minimum Gasteiger partial charge on any atom is -0.436 e. The molecule has 0 fully saturated rings. The summed E-state index contributed by atoms with van der Waals surface area (Å²) < 4.78 is 14.7. The van der Waals surface area contributed by atoms with E-state index in [4.69, 9.17) is 4.42 Å². The number of oxazole rings is 1. The largest absolute Gasteiger partial charge is 0.436 e. The first-order valence-electron chi connectivity index (χ1n) is 7.13. The standard InChI is InChI=1S/C17H5NO7/c19-14-7-2-1-6(3-8(7)15(20)24-14)13-18-11-4-9-10(5-12(11)23-13)17(22)25-16(9)21/h1-5H. The van der Waals surface area contributed by atoms with E-state index in [1.54, 1.807) is 6.07 Å². The number of aromatic nitrogens is 1. The lowest BCUT2D eigenvalue weighted by Gasteiger charge is -1.96. The number of cyclic esters (lactones) is 4. The molecule has 5 rings (SSSR count). The average Bonchev–Trinajstić information content (AvgIpc) is 3.22. The van der Waals surface area contributed by atoms with Crippen molar-refractivity contribution in [2.45, 2.75) is 0 Å². The highest BCUT2D eigenvalue weighted by Crippen LogP contribution is 2.31. The second-order valence-corrected chi connectivity index (χ2v) is 5.50. The predicted molar refractivity (Wildman–Crippen MR) is 78.9 cm³/mol. The van der Waals surface area contributed by atoms with Gasteiger partial charge in [-0.25, -0.2) is 24.2 Å². The Morgan fingerprint density at radius 1 is 0.680 bits per heavy atom. The average molecular weight is 335 g/mol. The molecule has 120 valence electrons. The summed E-state index contributed by atoms with van der Waals surface area (Å²) >= 11 is 0. The quantitative estimate of drug-likeness (QED) is 0.491. The number of hydrogen-bond donors (Lipinski definition) is 0. The van der Waals surface area contributed by atoms with E-state index in [1.807, 2.05) is 0 Å². The highest BCUT2D eigenvalue weighted by atomic mass is 16.6. The third-order valence-electron chi connectivity index (χ3n) is 4.04. The number of benzene rings is 2. The van der Waals surface area contributed by atoms with Gasteiger partial charge in [0.15, 0.2) is 5.58 Å². The Hall–Kier alpha value is -3.81. The van der Waals surface area contributed by atoms with Gasteiger partial charge in [0.1, 0.15) is 5.52 Å². The topological polar surface area (TPSA) is 113 Å². The number of rotatable bonds is 1. The summed E-state index contributed by atoms with van der Waals surface area (Å²) in [5.41, 5.74) is 1.65. The molecule has 0 aliphatic carbocycles. The van der Waals surface area contributed by atoms with Gasteiger partial charge in [-0.3, -0.25) is 0 Å². The summed E-state index contributed by atoms with van der Waals surface area (Å²) in [6.45, 7) is 0. The zero-order chi connectivity index (χ0) is 17.3. The number of fused-ring (bicyclic) bond motifs is 3. The van der Waals surface area contributed by atoms with Gasteiger partial charge >= 0.3 is 23.9 Å². The van der Waals surface area contributed by atoms with Crippen molar-refractivity contribution in [1.29, 1.82) is 0 Å². The number of esters is 4. The molecule has 0 amide bonds. The van der Waals surface area contributed by atoms with Crippen molar-refractivity contribution in [2.75, 3.05) is 0 Å². The molecule has 3 heterocycles. The number of ether oxygens (including phenoxy) is 2. The van der Waals surface area contributed by atoms with E-state index >= 15 is 0 Å². The van der Waals surface area contributed by atoms with Gasteiger partial charge < -0.3 is 13.9 Å². The number of carbonyl (C=O) groups is 4. The molecule has 0 unspecified atom stereocenters. The van der Waals surface area contributed by atoms with E-state index < -0.39 is 23.9 Å². The fourth-order valence-electron chi connectivity index (χ4n) is 2.85. The number of hydrogen-bond acceptors (Lipinski definition) is 8. The van der Waals surface area contributed by atoms with Gasteiger partial charge in [0.2, 0.25) is 5.89 Å². The van der Waals surface area contributed by atoms with Crippen LogP contribution in [0, 0.1) is 0 Å². The maximum atomic E-state index is 11.7. The van der Waals surface area contributed by atoms with Crippen molar-refractivity contribution in [2.24, 2.45) is 0 Å². The SMILES string of the molecule is O=C1OC(=O)c2cc(-c3nc4cc5c(cc4o3)C(=O)OC5=O)ccc21. The van der Waals surface area contributed by atoms with E-state index in [-0.39, 0.29) is 28.1 Å². The van der Waals surface area contributed by atoms with Crippen LogP contribution in [-0.4, -0.2) is 28.9 Å². The molecule has 2 aromatic carbocycles. The van der Waals surface area contributed by atoms with Crippen LogP contribution in [0.2, 0.25) is 0 Å². The van der Waals surface area contributed by atoms with E-state index in [0.29, 0.717) is 16.7 Å². The summed E-state index contributed by atoms with van der Waals surface area (Å²) in [6.07, 6.45) is 0. The molecular formula is C17H5NO7. The van der Waals surface area contributed by atoms with Crippen LogP contribution in [0.1, 0.15) is 41.4 Å². The van der Waals surface area contributed by atoms with Gasteiger partial charge in [-0.2, -0.15) is 0 Å². The zero-order valence-electron chi connectivity index (χ0n) is 12.2. The van der Waals surface area contributed by atoms with Crippen LogP contribution >= 0.6 is 0 Å². The van der Waals surface area contributed by atoms with Gasteiger partial charge in [-0.15, -0.1) is 0 Å². The fourth-order valence-corrected chi connectivity index (χ4v) is 2.85. The second-order valence-electron chi connectivity index (χ2n) is 5.50. The summed E-state index contributed by atoms with van der Waals surface area (Å²) in [7, 11) is 0. The van der Waals surface area contributed by atoms with Crippen LogP contribution in [0.25, 0.3) is 22.6 Å². The lowest BCUT2D eigenvalue weighted by atomic mass is 10.1. The summed E-state index contributed by atoms with van der Waals surface area (Å²) in [5, 5.41) is 0. The molecule has 0 atom stereocenters. The molecule has 2 aliphatic rings. The van der Waals surface area contributed by atoms with Crippen LogP contribution in [-0.2, 0) is 9.47 Å². The molecule has 0 bridgehead atoms. The van der Waals surface area contributed by atoms with Crippen LogP contribution in [0.4, 0.5) is 0 Å². The molecule has 8 heteroatoms. The Morgan fingerprint density at radius 3 is 2.00 bits per heavy atom. The third kappa shape index (κ3) is 1.78. The summed E-state index contributed by atoms with van der Waals surface area (Å²) in [6, 6.07) is 7.26. The normalized spacial score (nSPS) is 15.4. The van der Waals surface area contributed by atoms with Crippen molar-refractivity contribution in [3.05, 3.63) is 52.6 Å². The summed E-state index contributed by atoms with van der Waals surface area (Å²) in [4.78, 5) is 50.6. The van der Waals surface area contributed by atoms with Gasteiger partial charge in [0.25, 0.3) is 0 Å². The van der Waals surface area contributed by atoms with Crippen molar-refractivity contribution in [3.63, 3.8) is 0 Å². The molecule has 0 radical (unpaired) electrons. The third-order valence-corrected chi connectivity index (χ3v) is 4.04. The van der Waals surface area contributed by atoms with Crippen molar-refractivity contribution < 1.29 is 33.1 Å². The number of carbonyl (C=O) groups excluding carboxylic acids is 4. The maximum Gasteiger partial charge on any atom is 0.347 e. The first-order chi connectivity index (χ1) is 12.0. The summed E-state index contributed by atoms with van der Waals surface area (Å²) in [5.74, 6) is -2.72. The predicted octanol–water partition coefficient (Wildman–Crippen LogP) is 2.12. The second kappa shape index (κ2) is 4.38. The van der Waals surface area contributed by atoms with Crippen molar-refractivity contribution in [1.82, 2.24) is 4.98 Å². The molecule has 1 aromatic heterocycles. The molecular weight excluding hydrogens is 330 g/mol. The lowest BCUT2D eigenvalue weighted by molar-refractivity contribution is 0.0425. The van der Waals surface area contributed by atoms with Crippen molar-refractivity contribution in [3.8, 4) is 11.5 Å². The minimum atomic E-state index is -0.737. The van der Waals surface area contributed by atoms with Gasteiger partial charge in [0.05, 0.1) is 22.3 Å². The highest BCUT2D eigenvalue weighted by molar-refractivity contribution is 6.17. The lowest BCUT2D eigenvalue weighted by Crippen LogP contribution is -1.96. The Kier molecular flexibility index (Phi) is 2.39. The molecule has 3 aromatic rings. The Labute approximate surface area is 138 Å². The first kappa shape index (κ1) is 13.6. The van der Waals surface area contributed by atoms with E-state index in [9.17, 15) is 19.2 Å². The smallest absolute Gasteiger partial charge is 0.347 e. The molecule has 8 nitrogen and oxygen atoms in total. The van der Waals surface area contributed by atoms with E-state index in [0.717, 1.165) is 0 Å². The minimum absolute atomic E-state index is 0.114. The van der Waals surface area contributed by atoms with Crippen LogP contribution < -0.4 is 0 Å². The van der Waals surface area contributed by atoms with Gasteiger partial charge in [0, 0.05) is 5.56 Å². The monoisotopic (exact) mass is 335 g/mol. The molecule has 2 aliphatic heterocycles. The van der Waals surface area contributed by atoms with Crippen LogP contribution in [0.15, 0.2) is 34.7 Å². The van der Waals surface area contributed by atoms with Gasteiger partial charge in [-0.05, 0) is 30.3 Å². The Morgan fingerprint density at radius 2 is 1.28 bits per heavy atom. The number of nitrogens with zero attached hydrogens (tertiary/aromatic N) is 1. The Balaban J connectivity index is 1.67. The molecule has 0 saturated heterocycles. The van der Waals surface area contributed by atoms with E-state index in [1.165, 1.54) is 24.3 Å². The molecule has 0 spiro atoms. The van der Waals surface area contributed by atoms with E-state index in [2.05, 4.69) is 14.5 Å². The fraction of sp³-hybridized carbons (Fsp3) is 0.